The van der Waals surface area contributed by atoms with Gasteiger partial charge in [0.05, 0.1) is 12.2 Å². The Morgan fingerprint density at radius 2 is 2.00 bits per heavy atom. The van der Waals surface area contributed by atoms with E-state index in [0.717, 1.165) is 23.3 Å². The number of ether oxygens (including phenoxy) is 2. The number of Topliss-reactive ketones (excluding diaryl/α,β-unsaturated/α-hetero) is 1. The average Bonchev–Trinajstić information content (AvgIpc) is 3.05. The van der Waals surface area contributed by atoms with Gasteiger partial charge in [-0.1, -0.05) is 43.5 Å². The van der Waals surface area contributed by atoms with E-state index >= 15 is 0 Å². The summed E-state index contributed by atoms with van der Waals surface area (Å²) in [7, 11) is 1.44. The molecule has 0 radical (unpaired) electrons. The molecule has 3 rings (SSSR count). The zero-order valence-electron chi connectivity index (χ0n) is 16.1. The van der Waals surface area contributed by atoms with Crippen molar-refractivity contribution in [3.63, 3.8) is 0 Å². The SMILES string of the molecule is CC(C)CCCc1c(OCCO)ccc2c1OC1(C2=O)C(Cl)=C(Cl)C(=O)N1C. The van der Waals surface area contributed by atoms with Crippen molar-refractivity contribution in [2.45, 2.75) is 38.8 Å². The third-order valence-electron chi connectivity index (χ3n) is 5.03. The van der Waals surface area contributed by atoms with E-state index in [-0.39, 0.29) is 23.3 Å². The van der Waals surface area contributed by atoms with Gasteiger partial charge in [-0.2, -0.15) is 0 Å². The summed E-state index contributed by atoms with van der Waals surface area (Å²) in [5, 5.41) is 8.76. The normalized spacial score (nSPS) is 21.2. The highest BCUT2D eigenvalue weighted by Crippen LogP contribution is 2.50. The van der Waals surface area contributed by atoms with E-state index in [9.17, 15) is 9.59 Å². The van der Waals surface area contributed by atoms with E-state index in [4.69, 9.17) is 37.8 Å². The molecule has 1 spiro atoms. The number of carbonyl (C=O) groups is 2. The third kappa shape index (κ3) is 3.17. The van der Waals surface area contributed by atoms with Gasteiger partial charge in [0.1, 0.15) is 28.2 Å². The van der Waals surface area contributed by atoms with E-state index in [1.54, 1.807) is 12.1 Å². The van der Waals surface area contributed by atoms with Crippen LogP contribution in [0.4, 0.5) is 0 Å². The van der Waals surface area contributed by atoms with Crippen LogP contribution < -0.4 is 9.47 Å². The highest BCUT2D eigenvalue weighted by molar-refractivity contribution is 6.51. The third-order valence-corrected chi connectivity index (χ3v) is 5.92. The highest BCUT2D eigenvalue weighted by atomic mass is 35.5. The summed E-state index contributed by atoms with van der Waals surface area (Å²) in [4.78, 5) is 26.6. The van der Waals surface area contributed by atoms with Gasteiger partial charge >= 0.3 is 0 Å². The molecule has 0 saturated carbocycles. The zero-order chi connectivity index (χ0) is 20.6. The molecule has 0 aromatic heterocycles. The average molecular weight is 428 g/mol. The number of hydrogen-bond donors (Lipinski definition) is 1. The Morgan fingerprint density at radius 3 is 2.57 bits per heavy atom. The van der Waals surface area contributed by atoms with Gasteiger partial charge in [0, 0.05) is 12.6 Å². The van der Waals surface area contributed by atoms with Gasteiger partial charge in [-0.25, -0.2) is 0 Å². The maximum absolute atomic E-state index is 13.2. The fraction of sp³-hybridized carbons (Fsp3) is 0.500. The predicted octanol–water partition coefficient (Wildman–Crippen LogP) is 3.47. The predicted molar refractivity (Wildman–Crippen MR) is 106 cm³/mol. The molecule has 0 saturated heterocycles. The van der Waals surface area contributed by atoms with Gasteiger partial charge in [-0.05, 0) is 30.9 Å². The molecule has 0 fully saturated rings. The summed E-state index contributed by atoms with van der Waals surface area (Å²) in [6.07, 6.45) is 2.48. The zero-order valence-corrected chi connectivity index (χ0v) is 17.6. The molecule has 1 atom stereocenters. The number of fused-ring (bicyclic) bond motifs is 1. The molecule has 0 bridgehead atoms. The minimum Gasteiger partial charge on any atom is -0.491 e. The standard InChI is InChI=1S/C20H23Cl2NO5/c1-11(2)5-4-6-12-14(27-10-9-24)8-7-13-16(12)28-20(18(13)25)17(22)15(21)19(26)23(20)3/h7-8,11,24H,4-6,9-10H2,1-3H3. The van der Waals surface area contributed by atoms with E-state index in [0.29, 0.717) is 29.4 Å². The molecule has 6 nitrogen and oxygen atoms in total. The number of nitrogens with zero attached hydrogens (tertiary/aromatic N) is 1. The number of hydrogen-bond acceptors (Lipinski definition) is 5. The van der Waals surface area contributed by atoms with Gasteiger partial charge in [-0.3, -0.25) is 14.5 Å². The smallest absolute Gasteiger partial charge is 0.287 e. The van der Waals surface area contributed by atoms with E-state index in [1.807, 2.05) is 0 Å². The molecule has 1 N–H and O–H groups in total. The van der Waals surface area contributed by atoms with Gasteiger partial charge in [0.15, 0.2) is 0 Å². The van der Waals surface area contributed by atoms with Crippen LogP contribution in [0.2, 0.25) is 0 Å². The van der Waals surface area contributed by atoms with Crippen LogP contribution in [0.1, 0.15) is 42.6 Å². The van der Waals surface area contributed by atoms with Crippen molar-refractivity contribution in [1.29, 1.82) is 0 Å². The summed E-state index contributed by atoms with van der Waals surface area (Å²) >= 11 is 12.3. The molecular formula is C20H23Cl2NO5. The summed E-state index contributed by atoms with van der Waals surface area (Å²) in [5.74, 6) is 0.430. The maximum Gasteiger partial charge on any atom is 0.287 e. The van der Waals surface area contributed by atoms with Crippen LogP contribution in [0, 0.1) is 5.92 Å². The van der Waals surface area contributed by atoms with Gasteiger partial charge in [-0.15, -0.1) is 0 Å². The molecule has 2 aliphatic heterocycles. The minimum atomic E-state index is -1.76. The molecule has 152 valence electrons. The summed E-state index contributed by atoms with van der Waals surface area (Å²) in [5.41, 5.74) is -0.703. The van der Waals surface area contributed by atoms with Gasteiger partial charge in [0.25, 0.3) is 11.6 Å². The number of carbonyl (C=O) groups excluding carboxylic acids is 2. The number of ketones is 1. The van der Waals surface area contributed by atoms with Crippen LogP contribution in [-0.4, -0.2) is 47.7 Å². The largest absolute Gasteiger partial charge is 0.491 e. The number of halogens is 2. The molecule has 2 aliphatic rings. The lowest BCUT2D eigenvalue weighted by molar-refractivity contribution is -0.131. The summed E-state index contributed by atoms with van der Waals surface area (Å²) < 4.78 is 11.7. The second-order valence-corrected chi connectivity index (χ2v) is 8.10. The molecule has 8 heteroatoms. The van der Waals surface area contributed by atoms with Gasteiger partial charge in [0.2, 0.25) is 5.78 Å². The number of aliphatic hydroxyl groups is 1. The topological polar surface area (TPSA) is 76.1 Å². The molecule has 1 unspecified atom stereocenters. The number of amides is 1. The van der Waals surface area contributed by atoms with E-state index in [1.165, 1.54) is 7.05 Å². The van der Waals surface area contributed by atoms with Crippen LogP contribution in [0.25, 0.3) is 0 Å². The van der Waals surface area contributed by atoms with Crippen molar-refractivity contribution >= 4 is 34.9 Å². The second kappa shape index (κ2) is 7.93. The van der Waals surface area contributed by atoms with Crippen molar-refractivity contribution in [3.8, 4) is 11.5 Å². The monoisotopic (exact) mass is 427 g/mol. The van der Waals surface area contributed by atoms with E-state index in [2.05, 4.69) is 13.8 Å². The summed E-state index contributed by atoms with van der Waals surface area (Å²) in [6.45, 7) is 4.27. The molecular weight excluding hydrogens is 405 g/mol. The lowest BCUT2D eigenvalue weighted by Crippen LogP contribution is -2.53. The highest BCUT2D eigenvalue weighted by Gasteiger charge is 2.61. The Bertz CT molecular complexity index is 851. The first-order valence-electron chi connectivity index (χ1n) is 9.23. The van der Waals surface area contributed by atoms with E-state index < -0.39 is 17.4 Å². The van der Waals surface area contributed by atoms with Crippen LogP contribution in [0.15, 0.2) is 22.2 Å². The second-order valence-electron chi connectivity index (χ2n) is 7.34. The fourth-order valence-electron chi connectivity index (χ4n) is 3.54. The number of benzene rings is 1. The Labute approximate surface area is 174 Å². The van der Waals surface area contributed by atoms with Crippen LogP contribution >= 0.6 is 23.2 Å². The van der Waals surface area contributed by atoms with Crippen LogP contribution in [-0.2, 0) is 11.2 Å². The van der Waals surface area contributed by atoms with Crippen molar-refractivity contribution in [1.82, 2.24) is 4.90 Å². The molecule has 2 heterocycles. The first-order valence-corrected chi connectivity index (χ1v) is 9.98. The van der Waals surface area contributed by atoms with Crippen molar-refractivity contribution in [2.24, 2.45) is 5.92 Å². The Balaban J connectivity index is 2.05. The molecule has 1 aromatic rings. The van der Waals surface area contributed by atoms with Crippen LogP contribution in [0.3, 0.4) is 0 Å². The number of rotatable bonds is 7. The molecule has 0 aliphatic carbocycles. The van der Waals surface area contributed by atoms with Crippen molar-refractivity contribution in [3.05, 3.63) is 33.3 Å². The fourth-order valence-corrected chi connectivity index (χ4v) is 4.13. The minimum absolute atomic E-state index is 0.125. The van der Waals surface area contributed by atoms with Crippen molar-refractivity contribution in [2.75, 3.05) is 20.3 Å². The lowest BCUT2D eigenvalue weighted by Gasteiger charge is -2.30. The number of likely N-dealkylation sites (N-methyl/N-ethyl adjacent to an activating group) is 1. The number of aliphatic hydroxyl groups excluding tert-OH is 1. The lowest BCUT2D eigenvalue weighted by atomic mass is 9.97. The first-order chi connectivity index (χ1) is 13.3. The Morgan fingerprint density at radius 1 is 1.29 bits per heavy atom. The molecule has 1 amide bonds. The summed E-state index contributed by atoms with van der Waals surface area (Å²) in [6, 6.07) is 3.29. The Kier molecular flexibility index (Phi) is 5.94. The van der Waals surface area contributed by atoms with Crippen molar-refractivity contribution < 1.29 is 24.2 Å². The molecule has 1 aromatic carbocycles. The molecule has 28 heavy (non-hydrogen) atoms. The van der Waals surface area contributed by atoms with Gasteiger partial charge < -0.3 is 14.6 Å². The quantitative estimate of drug-likeness (QED) is 0.720. The maximum atomic E-state index is 13.2. The van der Waals surface area contributed by atoms with Crippen LogP contribution in [0.5, 0.6) is 11.5 Å². The first kappa shape index (κ1) is 21.0. The Hall–Kier alpha value is -1.76.